The van der Waals surface area contributed by atoms with E-state index in [4.69, 9.17) is 4.42 Å². The average molecular weight is 368 g/mol. The number of halogens is 1. The van der Waals surface area contributed by atoms with Gasteiger partial charge in [-0.2, -0.15) is 0 Å². The molecule has 0 spiro atoms. The number of nitro benzene ring substituents is 1. The van der Waals surface area contributed by atoms with Crippen LogP contribution in [-0.2, 0) is 0 Å². The minimum atomic E-state index is -0.373. The third-order valence-electron chi connectivity index (χ3n) is 3.86. The molecule has 23 heavy (non-hydrogen) atoms. The molecule has 0 saturated heterocycles. The van der Waals surface area contributed by atoms with Gasteiger partial charge in [-0.3, -0.25) is 10.1 Å². The molecule has 1 aromatic heterocycles. The Bertz CT molecular complexity index is 1070. The molecule has 0 radical (unpaired) electrons. The minimum Gasteiger partial charge on any atom is -0.455 e. The van der Waals surface area contributed by atoms with E-state index in [0.717, 1.165) is 16.4 Å². The number of nitro groups is 1. The van der Waals surface area contributed by atoms with Gasteiger partial charge in [0, 0.05) is 26.9 Å². The van der Waals surface area contributed by atoms with Gasteiger partial charge in [0.05, 0.1) is 10.5 Å². The van der Waals surface area contributed by atoms with Crippen LogP contribution in [0.25, 0.3) is 33.1 Å². The van der Waals surface area contributed by atoms with Crippen molar-refractivity contribution in [1.29, 1.82) is 0 Å². The Labute approximate surface area is 139 Å². The first-order valence-corrected chi connectivity index (χ1v) is 7.79. The summed E-state index contributed by atoms with van der Waals surface area (Å²) in [6, 6.07) is 18.4. The van der Waals surface area contributed by atoms with Crippen molar-refractivity contribution in [2.24, 2.45) is 0 Å². The van der Waals surface area contributed by atoms with E-state index < -0.39 is 0 Å². The number of benzene rings is 3. The Morgan fingerprint density at radius 1 is 0.913 bits per heavy atom. The zero-order valence-electron chi connectivity index (χ0n) is 11.8. The van der Waals surface area contributed by atoms with E-state index >= 15 is 0 Å². The lowest BCUT2D eigenvalue weighted by atomic mass is 10.0. The second-order valence-corrected chi connectivity index (χ2v) is 6.03. The summed E-state index contributed by atoms with van der Waals surface area (Å²) in [6.45, 7) is 0. The predicted molar refractivity (Wildman–Crippen MR) is 93.5 cm³/mol. The summed E-state index contributed by atoms with van der Waals surface area (Å²) in [5.41, 5.74) is 2.71. The number of nitrogens with zero attached hydrogens (tertiary/aromatic N) is 1. The van der Waals surface area contributed by atoms with Crippen LogP contribution < -0.4 is 0 Å². The molecule has 0 aliphatic rings. The molecule has 4 rings (SSSR count). The van der Waals surface area contributed by atoms with Crippen molar-refractivity contribution in [1.82, 2.24) is 0 Å². The number of fused-ring (bicyclic) bond motifs is 3. The monoisotopic (exact) mass is 367 g/mol. The number of rotatable bonds is 2. The van der Waals surface area contributed by atoms with Crippen molar-refractivity contribution >= 4 is 43.6 Å². The molecule has 5 heteroatoms. The highest BCUT2D eigenvalue weighted by atomic mass is 79.9. The van der Waals surface area contributed by atoms with E-state index in [1.807, 2.05) is 42.5 Å². The number of hydrogen-bond donors (Lipinski definition) is 0. The molecule has 112 valence electrons. The maximum Gasteiger partial charge on any atom is 0.278 e. The Morgan fingerprint density at radius 3 is 2.48 bits per heavy atom. The van der Waals surface area contributed by atoms with Gasteiger partial charge in [0.25, 0.3) is 5.69 Å². The molecule has 3 aromatic carbocycles. The Kier molecular flexibility index (Phi) is 3.16. The second-order valence-electron chi connectivity index (χ2n) is 5.17. The van der Waals surface area contributed by atoms with Gasteiger partial charge in [-0.15, -0.1) is 0 Å². The third kappa shape index (κ3) is 2.12. The molecule has 0 unspecified atom stereocenters. The Hall–Kier alpha value is -2.66. The van der Waals surface area contributed by atoms with Crippen molar-refractivity contribution in [3.63, 3.8) is 0 Å². The molecule has 0 saturated carbocycles. The van der Waals surface area contributed by atoms with Crippen LogP contribution in [0, 0.1) is 10.1 Å². The van der Waals surface area contributed by atoms with Crippen LogP contribution in [0.2, 0.25) is 0 Å². The molecule has 0 bridgehead atoms. The van der Waals surface area contributed by atoms with Crippen LogP contribution in [0.3, 0.4) is 0 Å². The Balaban J connectivity index is 2.14. The summed E-state index contributed by atoms with van der Waals surface area (Å²) >= 11 is 3.44. The summed E-state index contributed by atoms with van der Waals surface area (Å²) in [4.78, 5) is 11.0. The van der Waals surface area contributed by atoms with E-state index in [1.165, 1.54) is 6.07 Å². The zero-order valence-corrected chi connectivity index (χ0v) is 13.4. The van der Waals surface area contributed by atoms with Crippen molar-refractivity contribution in [3.05, 3.63) is 75.3 Å². The van der Waals surface area contributed by atoms with Crippen molar-refractivity contribution < 1.29 is 9.34 Å². The molecule has 1 heterocycles. The van der Waals surface area contributed by atoms with E-state index in [-0.39, 0.29) is 10.6 Å². The fourth-order valence-electron chi connectivity index (χ4n) is 2.88. The number of furan rings is 1. The van der Waals surface area contributed by atoms with E-state index in [1.54, 1.807) is 12.1 Å². The molecular weight excluding hydrogens is 358 g/mol. The highest BCUT2D eigenvalue weighted by Gasteiger charge is 2.22. The smallest absolute Gasteiger partial charge is 0.278 e. The van der Waals surface area contributed by atoms with Gasteiger partial charge < -0.3 is 4.42 Å². The van der Waals surface area contributed by atoms with Crippen molar-refractivity contribution in [3.8, 4) is 11.1 Å². The van der Waals surface area contributed by atoms with Gasteiger partial charge in [0.1, 0.15) is 11.2 Å². The Morgan fingerprint density at radius 2 is 1.65 bits per heavy atom. The topological polar surface area (TPSA) is 56.3 Å². The summed E-state index contributed by atoms with van der Waals surface area (Å²) in [7, 11) is 0. The molecule has 4 aromatic rings. The summed E-state index contributed by atoms with van der Waals surface area (Å²) in [5.74, 6) is 0. The average Bonchev–Trinajstić information content (AvgIpc) is 2.93. The lowest BCUT2D eigenvalue weighted by molar-refractivity contribution is -0.384. The number of para-hydroxylation sites is 2. The molecule has 0 amide bonds. The van der Waals surface area contributed by atoms with Crippen molar-refractivity contribution in [2.45, 2.75) is 0 Å². The summed E-state index contributed by atoms with van der Waals surface area (Å²) in [5, 5.41) is 13.4. The second kappa shape index (κ2) is 5.21. The molecule has 4 nitrogen and oxygen atoms in total. The largest absolute Gasteiger partial charge is 0.455 e. The summed E-state index contributed by atoms with van der Waals surface area (Å²) < 4.78 is 6.65. The first kappa shape index (κ1) is 14.0. The third-order valence-corrected chi connectivity index (χ3v) is 4.52. The lowest BCUT2D eigenvalue weighted by Crippen LogP contribution is -1.93. The first-order valence-electron chi connectivity index (χ1n) is 7.00. The van der Waals surface area contributed by atoms with Gasteiger partial charge in [-0.05, 0) is 28.1 Å². The van der Waals surface area contributed by atoms with Crippen LogP contribution in [0.4, 0.5) is 5.69 Å². The minimum absolute atomic E-state index is 0.0485. The standard InChI is InChI=1S/C18H10BrNO3/c19-14-8-4-9-15(20(21)22)17(14)13-7-3-6-12-11-5-1-2-10-16(11)23-18(12)13/h1-10H. The van der Waals surface area contributed by atoms with E-state index in [9.17, 15) is 10.1 Å². The predicted octanol–water partition coefficient (Wildman–Crippen LogP) is 5.92. The number of hydrogen-bond acceptors (Lipinski definition) is 3. The van der Waals surface area contributed by atoms with E-state index in [0.29, 0.717) is 21.2 Å². The molecule has 0 aliphatic heterocycles. The van der Waals surface area contributed by atoms with Gasteiger partial charge in [-0.25, -0.2) is 0 Å². The SMILES string of the molecule is O=[N+]([O-])c1cccc(Br)c1-c1cccc2c1oc1ccccc12. The fourth-order valence-corrected chi connectivity index (χ4v) is 3.44. The van der Waals surface area contributed by atoms with Crippen molar-refractivity contribution in [2.75, 3.05) is 0 Å². The molecule has 0 fully saturated rings. The quantitative estimate of drug-likeness (QED) is 0.326. The highest BCUT2D eigenvalue weighted by molar-refractivity contribution is 9.10. The maximum atomic E-state index is 11.4. The molecular formula is C18H10BrNO3. The van der Waals surface area contributed by atoms with Gasteiger partial charge in [0.2, 0.25) is 0 Å². The van der Waals surface area contributed by atoms with Crippen LogP contribution in [0.5, 0.6) is 0 Å². The fraction of sp³-hybridized carbons (Fsp3) is 0. The van der Waals surface area contributed by atoms with Crippen LogP contribution in [0.15, 0.2) is 69.6 Å². The highest BCUT2D eigenvalue weighted by Crippen LogP contribution is 2.42. The normalized spacial score (nSPS) is 11.2. The molecule has 0 N–H and O–H groups in total. The van der Waals surface area contributed by atoms with Crippen LogP contribution in [0.1, 0.15) is 0 Å². The summed E-state index contributed by atoms with van der Waals surface area (Å²) in [6.07, 6.45) is 0. The first-order chi connectivity index (χ1) is 11.2. The van der Waals surface area contributed by atoms with Crippen LogP contribution >= 0.6 is 15.9 Å². The van der Waals surface area contributed by atoms with Gasteiger partial charge in [-0.1, -0.05) is 42.5 Å². The lowest BCUT2D eigenvalue weighted by Gasteiger charge is -2.06. The zero-order chi connectivity index (χ0) is 16.0. The van der Waals surface area contributed by atoms with Gasteiger partial charge >= 0.3 is 0 Å². The van der Waals surface area contributed by atoms with Crippen LogP contribution in [-0.4, -0.2) is 4.92 Å². The maximum absolute atomic E-state index is 11.4. The van der Waals surface area contributed by atoms with E-state index in [2.05, 4.69) is 15.9 Å². The van der Waals surface area contributed by atoms with Gasteiger partial charge in [0.15, 0.2) is 0 Å². The molecule has 0 aliphatic carbocycles. The molecule has 0 atom stereocenters.